The van der Waals surface area contributed by atoms with Crippen LogP contribution in [-0.4, -0.2) is 35.8 Å². The molecule has 2 amide bonds. The Morgan fingerprint density at radius 3 is 2.73 bits per heavy atom. The number of aliphatic imine (C=N–C) groups is 1. The van der Waals surface area contributed by atoms with Crippen molar-refractivity contribution in [1.82, 2.24) is 10.6 Å². The lowest BCUT2D eigenvalue weighted by Gasteiger charge is -2.14. The van der Waals surface area contributed by atoms with Crippen LogP contribution in [0.4, 0.5) is 0 Å². The molecule has 15 heavy (non-hydrogen) atoms. The topological polar surface area (TPSA) is 96.6 Å². The van der Waals surface area contributed by atoms with E-state index in [1.807, 2.05) is 0 Å². The van der Waals surface area contributed by atoms with Gasteiger partial charge in [0.05, 0.1) is 6.04 Å². The van der Waals surface area contributed by atoms with Crippen LogP contribution in [0.1, 0.15) is 13.3 Å². The van der Waals surface area contributed by atoms with Crippen molar-refractivity contribution in [2.45, 2.75) is 24.9 Å². The van der Waals surface area contributed by atoms with Gasteiger partial charge in [-0.05, 0) is 6.92 Å². The van der Waals surface area contributed by atoms with Gasteiger partial charge in [0, 0.05) is 13.0 Å². The van der Waals surface area contributed by atoms with E-state index in [0.29, 0.717) is 18.8 Å². The van der Waals surface area contributed by atoms with Crippen molar-refractivity contribution in [3.63, 3.8) is 0 Å². The summed E-state index contributed by atoms with van der Waals surface area (Å²) in [6.45, 7) is 2.11. The van der Waals surface area contributed by atoms with Gasteiger partial charge in [0.2, 0.25) is 5.91 Å². The Hall–Kier alpha value is -1.14. The molecule has 2 aliphatic rings. The summed E-state index contributed by atoms with van der Waals surface area (Å²) in [6.07, 6.45) is 0.353. The fourth-order valence-corrected chi connectivity index (χ4v) is 1.91. The van der Waals surface area contributed by atoms with E-state index in [-0.39, 0.29) is 18.3 Å². The second-order valence-electron chi connectivity index (χ2n) is 3.72. The second-order valence-corrected chi connectivity index (χ2v) is 3.72. The minimum Gasteiger partial charge on any atom is -0.368 e. The van der Waals surface area contributed by atoms with Gasteiger partial charge in [0.25, 0.3) is 5.91 Å². The number of rotatable bonds is 1. The molecule has 0 aromatic heterocycles. The first-order chi connectivity index (χ1) is 6.53. The molecule has 4 N–H and O–H groups in total. The van der Waals surface area contributed by atoms with Gasteiger partial charge >= 0.3 is 0 Å². The van der Waals surface area contributed by atoms with Crippen LogP contribution in [0.15, 0.2) is 4.99 Å². The van der Waals surface area contributed by atoms with Crippen LogP contribution in [0.2, 0.25) is 0 Å². The van der Waals surface area contributed by atoms with Crippen LogP contribution in [-0.2, 0) is 9.59 Å². The number of amides is 2. The molecule has 84 valence electrons. The van der Waals surface area contributed by atoms with Crippen LogP contribution in [0.5, 0.6) is 0 Å². The van der Waals surface area contributed by atoms with Gasteiger partial charge in [-0.2, -0.15) is 0 Å². The maximum absolute atomic E-state index is 11.6. The molecule has 0 radical (unpaired) electrons. The Balaban J connectivity index is 0.00000112. The molecule has 2 rings (SSSR count). The van der Waals surface area contributed by atoms with Crippen LogP contribution in [0, 0.1) is 0 Å². The average molecular weight is 233 g/mol. The van der Waals surface area contributed by atoms with Crippen LogP contribution in [0.3, 0.4) is 0 Å². The minimum absolute atomic E-state index is 0. The number of primary amides is 1. The SMILES string of the molecule is CC1=N[C@]2(CN[C@H](C(N)=O)C2)C(=O)N1.Cl. The van der Waals surface area contributed by atoms with Crippen molar-refractivity contribution < 1.29 is 9.59 Å². The van der Waals surface area contributed by atoms with Gasteiger partial charge in [0.15, 0.2) is 5.54 Å². The zero-order valence-corrected chi connectivity index (χ0v) is 9.06. The predicted molar refractivity (Wildman–Crippen MR) is 56.8 cm³/mol. The molecule has 0 unspecified atom stereocenters. The molecule has 0 aliphatic carbocycles. The van der Waals surface area contributed by atoms with Gasteiger partial charge in [-0.3, -0.25) is 14.6 Å². The number of nitrogens with one attached hydrogen (secondary N) is 2. The molecule has 2 aliphatic heterocycles. The Morgan fingerprint density at radius 1 is 1.67 bits per heavy atom. The Morgan fingerprint density at radius 2 is 2.33 bits per heavy atom. The maximum atomic E-state index is 11.6. The number of halogens is 1. The maximum Gasteiger partial charge on any atom is 0.254 e. The first kappa shape index (κ1) is 11.9. The fraction of sp³-hybridized carbons (Fsp3) is 0.625. The van der Waals surface area contributed by atoms with E-state index in [9.17, 15) is 9.59 Å². The summed E-state index contributed by atoms with van der Waals surface area (Å²) in [5.41, 5.74) is 4.35. The summed E-state index contributed by atoms with van der Waals surface area (Å²) in [6, 6.07) is -0.449. The number of carbonyl (C=O) groups is 2. The Bertz CT molecular complexity index is 344. The molecule has 6 nitrogen and oxygen atoms in total. The van der Waals surface area contributed by atoms with Crippen molar-refractivity contribution in [2.24, 2.45) is 10.7 Å². The quantitative estimate of drug-likeness (QED) is 0.516. The molecule has 0 aromatic carbocycles. The van der Waals surface area contributed by atoms with Crippen LogP contribution >= 0.6 is 12.4 Å². The third-order valence-electron chi connectivity index (χ3n) is 2.62. The van der Waals surface area contributed by atoms with Gasteiger partial charge in [-0.15, -0.1) is 12.4 Å². The molecule has 7 heteroatoms. The van der Waals surface area contributed by atoms with Crippen LogP contribution < -0.4 is 16.4 Å². The summed E-state index contributed by atoms with van der Waals surface area (Å²) in [4.78, 5) is 26.7. The predicted octanol–water partition coefficient (Wildman–Crippen LogP) is -1.46. The first-order valence-electron chi connectivity index (χ1n) is 4.44. The lowest BCUT2D eigenvalue weighted by molar-refractivity contribution is -0.123. The zero-order chi connectivity index (χ0) is 10.3. The summed E-state index contributed by atoms with van der Waals surface area (Å²) in [7, 11) is 0. The van der Waals surface area contributed by atoms with E-state index in [2.05, 4.69) is 15.6 Å². The Labute approximate surface area is 93.1 Å². The number of nitrogens with zero attached hydrogens (tertiary/aromatic N) is 1. The highest BCUT2D eigenvalue weighted by atomic mass is 35.5. The molecule has 1 spiro atoms. The van der Waals surface area contributed by atoms with E-state index < -0.39 is 17.5 Å². The number of nitrogens with two attached hydrogens (primary N) is 1. The van der Waals surface area contributed by atoms with Crippen molar-refractivity contribution >= 4 is 30.1 Å². The lowest BCUT2D eigenvalue weighted by atomic mass is 9.96. The molecule has 0 aromatic rings. The summed E-state index contributed by atoms with van der Waals surface area (Å²) >= 11 is 0. The first-order valence-corrected chi connectivity index (χ1v) is 4.44. The van der Waals surface area contributed by atoms with E-state index in [0.717, 1.165) is 0 Å². The van der Waals surface area contributed by atoms with Crippen molar-refractivity contribution in [3.8, 4) is 0 Å². The van der Waals surface area contributed by atoms with Gasteiger partial charge in [0.1, 0.15) is 5.84 Å². The van der Waals surface area contributed by atoms with Crippen LogP contribution in [0.25, 0.3) is 0 Å². The molecular formula is C8H13ClN4O2. The lowest BCUT2D eigenvalue weighted by Crippen LogP contribution is -2.41. The average Bonchev–Trinajstić information content (AvgIpc) is 2.59. The van der Waals surface area contributed by atoms with Crippen molar-refractivity contribution in [1.29, 1.82) is 0 Å². The van der Waals surface area contributed by atoms with Gasteiger partial charge in [-0.25, -0.2) is 0 Å². The molecule has 1 fully saturated rings. The molecule has 2 atom stereocenters. The monoisotopic (exact) mass is 232 g/mol. The van der Waals surface area contributed by atoms with Crippen molar-refractivity contribution in [3.05, 3.63) is 0 Å². The molecule has 1 saturated heterocycles. The summed E-state index contributed by atoms with van der Waals surface area (Å²) in [5, 5.41) is 5.53. The number of amidine groups is 1. The van der Waals surface area contributed by atoms with Crippen molar-refractivity contribution in [2.75, 3.05) is 6.54 Å². The highest BCUT2D eigenvalue weighted by Crippen LogP contribution is 2.27. The third kappa shape index (κ3) is 1.82. The van der Waals surface area contributed by atoms with E-state index in [4.69, 9.17) is 5.73 Å². The number of hydrogen-bond acceptors (Lipinski definition) is 4. The van der Waals surface area contributed by atoms with E-state index in [1.165, 1.54) is 0 Å². The molecule has 0 bridgehead atoms. The third-order valence-corrected chi connectivity index (χ3v) is 2.62. The molecule has 2 heterocycles. The second kappa shape index (κ2) is 3.79. The summed E-state index contributed by atoms with van der Waals surface area (Å²) < 4.78 is 0. The van der Waals surface area contributed by atoms with Gasteiger partial charge < -0.3 is 16.4 Å². The highest BCUT2D eigenvalue weighted by Gasteiger charge is 2.49. The largest absolute Gasteiger partial charge is 0.368 e. The van der Waals surface area contributed by atoms with E-state index >= 15 is 0 Å². The summed E-state index contributed by atoms with van der Waals surface area (Å²) in [5.74, 6) is 0.0163. The van der Waals surface area contributed by atoms with E-state index in [1.54, 1.807) is 6.92 Å². The standard InChI is InChI=1S/C8H12N4O2.ClH/c1-4-11-7(14)8(12-4)2-5(6(9)13)10-3-8;/h5,10H,2-3H2,1H3,(H2,9,13)(H,11,12,14);1H/t5-,8+;/m0./s1. The highest BCUT2D eigenvalue weighted by molar-refractivity contribution is 6.08. The zero-order valence-electron chi connectivity index (χ0n) is 8.24. The number of carbonyl (C=O) groups excluding carboxylic acids is 2. The number of hydrogen-bond donors (Lipinski definition) is 3. The Kier molecular flexibility index (Phi) is 3.01. The molecule has 0 saturated carbocycles. The normalized spacial score (nSPS) is 33.5. The molecular weight excluding hydrogens is 220 g/mol. The fourth-order valence-electron chi connectivity index (χ4n) is 1.91. The minimum atomic E-state index is -0.802. The smallest absolute Gasteiger partial charge is 0.254 e. The van der Waals surface area contributed by atoms with Gasteiger partial charge in [-0.1, -0.05) is 0 Å².